The number of allylic oxidation sites excluding steroid dienone is 2. The van der Waals surface area contributed by atoms with Gasteiger partial charge in [0.2, 0.25) is 0 Å². The summed E-state index contributed by atoms with van der Waals surface area (Å²) >= 11 is 1.70. The lowest BCUT2D eigenvalue weighted by Crippen LogP contribution is -2.13. The van der Waals surface area contributed by atoms with Crippen LogP contribution >= 0.6 is 11.8 Å². The fourth-order valence-electron chi connectivity index (χ4n) is 1.79. The maximum Gasteiger partial charge on any atom is 0.272 e. The summed E-state index contributed by atoms with van der Waals surface area (Å²) in [5.74, 6) is -0.604. The highest BCUT2D eigenvalue weighted by Gasteiger charge is 2.47. The Balaban J connectivity index is 1.86. The standard InChI is InChI=1S/C12H7NO2S/c1-2-4-10-8(3-1)13-9-5-6-12(14-15-12)7-11(9)16-10/h1-7H. The summed E-state index contributed by atoms with van der Waals surface area (Å²) in [6.45, 7) is 0. The zero-order valence-corrected chi connectivity index (χ0v) is 9.03. The van der Waals surface area contributed by atoms with Crippen LogP contribution in [-0.4, -0.2) is 11.5 Å². The van der Waals surface area contributed by atoms with E-state index < -0.39 is 5.79 Å². The van der Waals surface area contributed by atoms with Crippen molar-refractivity contribution in [1.82, 2.24) is 0 Å². The Morgan fingerprint density at radius 3 is 2.94 bits per heavy atom. The first kappa shape index (κ1) is 8.75. The van der Waals surface area contributed by atoms with Crippen LogP contribution in [0.25, 0.3) is 0 Å². The fourth-order valence-corrected chi connectivity index (χ4v) is 2.84. The quantitative estimate of drug-likeness (QED) is 0.507. The summed E-state index contributed by atoms with van der Waals surface area (Å²) in [7, 11) is 0. The minimum absolute atomic E-state index is 0.604. The van der Waals surface area contributed by atoms with Crippen molar-refractivity contribution in [1.29, 1.82) is 0 Å². The first-order valence-corrected chi connectivity index (χ1v) is 5.81. The van der Waals surface area contributed by atoms with Crippen LogP contribution in [0.15, 0.2) is 57.3 Å². The van der Waals surface area contributed by atoms with Crippen LogP contribution in [0.2, 0.25) is 0 Å². The molecule has 1 saturated heterocycles. The number of nitrogens with zero attached hydrogens (tertiary/aromatic N) is 1. The molecular weight excluding hydrogens is 222 g/mol. The van der Waals surface area contributed by atoms with Gasteiger partial charge in [-0.3, -0.25) is 0 Å². The van der Waals surface area contributed by atoms with Crippen LogP contribution < -0.4 is 0 Å². The lowest BCUT2D eigenvalue weighted by Gasteiger charge is -2.18. The largest absolute Gasteiger partial charge is 0.272 e. The highest BCUT2D eigenvalue weighted by Crippen LogP contribution is 2.46. The molecule has 2 heterocycles. The molecule has 0 atom stereocenters. The molecule has 3 nitrogen and oxygen atoms in total. The highest BCUT2D eigenvalue weighted by atomic mass is 32.2. The molecule has 4 heteroatoms. The van der Waals surface area contributed by atoms with E-state index in [1.54, 1.807) is 11.8 Å². The zero-order chi connectivity index (χ0) is 10.6. The average molecular weight is 229 g/mol. The molecule has 2 aliphatic heterocycles. The van der Waals surface area contributed by atoms with E-state index in [4.69, 9.17) is 9.78 Å². The number of rotatable bonds is 0. The summed E-state index contributed by atoms with van der Waals surface area (Å²) in [6.07, 6.45) is 5.79. The molecule has 78 valence electrons. The number of fused-ring (bicyclic) bond motifs is 2. The third-order valence-electron chi connectivity index (χ3n) is 2.66. The highest BCUT2D eigenvalue weighted by molar-refractivity contribution is 8.04. The Labute approximate surface area is 96.4 Å². The fraction of sp³-hybridized carbons (Fsp3) is 0.0833. The van der Waals surface area contributed by atoms with Gasteiger partial charge < -0.3 is 0 Å². The molecule has 1 aromatic rings. The van der Waals surface area contributed by atoms with Gasteiger partial charge in [0.1, 0.15) is 0 Å². The van der Waals surface area contributed by atoms with Gasteiger partial charge in [0.15, 0.2) is 0 Å². The number of hydrogen-bond donors (Lipinski definition) is 0. The topological polar surface area (TPSA) is 37.4 Å². The van der Waals surface area contributed by atoms with Crippen LogP contribution in [0.5, 0.6) is 0 Å². The molecule has 0 bridgehead atoms. The molecule has 1 aromatic carbocycles. The summed E-state index contributed by atoms with van der Waals surface area (Å²) in [5.41, 5.74) is 2.01. The predicted octanol–water partition coefficient (Wildman–Crippen LogP) is 2.98. The maximum absolute atomic E-state index is 4.94. The Morgan fingerprint density at radius 1 is 1.19 bits per heavy atom. The molecule has 0 radical (unpaired) electrons. The van der Waals surface area contributed by atoms with E-state index >= 15 is 0 Å². The second kappa shape index (κ2) is 2.85. The van der Waals surface area contributed by atoms with Gasteiger partial charge in [-0.1, -0.05) is 23.9 Å². The Hall–Kier alpha value is -1.36. The van der Waals surface area contributed by atoms with E-state index in [2.05, 4.69) is 11.1 Å². The summed E-state index contributed by atoms with van der Waals surface area (Å²) in [5, 5.41) is 0. The molecule has 1 spiro atoms. The molecule has 0 aromatic heterocycles. The van der Waals surface area contributed by atoms with E-state index in [9.17, 15) is 0 Å². The van der Waals surface area contributed by atoms with Gasteiger partial charge in [-0.2, -0.15) is 9.78 Å². The van der Waals surface area contributed by atoms with Crippen molar-refractivity contribution in [3.63, 3.8) is 0 Å². The monoisotopic (exact) mass is 229 g/mol. The van der Waals surface area contributed by atoms with Crippen molar-refractivity contribution >= 4 is 23.2 Å². The molecule has 0 amide bonds. The minimum atomic E-state index is -0.604. The van der Waals surface area contributed by atoms with Crippen LogP contribution in [0.4, 0.5) is 5.69 Å². The molecule has 4 rings (SSSR count). The molecule has 3 aliphatic rings. The molecule has 0 N–H and O–H groups in total. The Bertz CT molecular complexity index is 570. The lowest BCUT2D eigenvalue weighted by atomic mass is 10.1. The van der Waals surface area contributed by atoms with Crippen LogP contribution in [0.3, 0.4) is 0 Å². The lowest BCUT2D eigenvalue weighted by molar-refractivity contribution is 0.0850. The van der Waals surface area contributed by atoms with Gasteiger partial charge in [0.05, 0.1) is 11.4 Å². The van der Waals surface area contributed by atoms with Crippen molar-refractivity contribution in [2.45, 2.75) is 10.7 Å². The average Bonchev–Trinajstić information content (AvgIpc) is 3.06. The molecule has 0 saturated carbocycles. The van der Waals surface area contributed by atoms with E-state index in [-0.39, 0.29) is 0 Å². The van der Waals surface area contributed by atoms with Gasteiger partial charge >= 0.3 is 0 Å². The van der Waals surface area contributed by atoms with Crippen molar-refractivity contribution in [2.24, 2.45) is 4.99 Å². The third-order valence-corrected chi connectivity index (χ3v) is 3.77. The van der Waals surface area contributed by atoms with Gasteiger partial charge in [-0.05, 0) is 24.3 Å². The van der Waals surface area contributed by atoms with E-state index in [1.165, 1.54) is 4.90 Å². The van der Waals surface area contributed by atoms with Crippen molar-refractivity contribution in [3.05, 3.63) is 47.4 Å². The van der Waals surface area contributed by atoms with Crippen LogP contribution in [0.1, 0.15) is 0 Å². The molecular formula is C12H7NO2S. The smallest absolute Gasteiger partial charge is 0.247 e. The van der Waals surface area contributed by atoms with Crippen molar-refractivity contribution < 1.29 is 9.78 Å². The molecule has 1 aliphatic carbocycles. The number of para-hydroxylation sites is 1. The van der Waals surface area contributed by atoms with Crippen molar-refractivity contribution in [2.75, 3.05) is 0 Å². The molecule has 16 heavy (non-hydrogen) atoms. The van der Waals surface area contributed by atoms with Crippen molar-refractivity contribution in [3.8, 4) is 0 Å². The summed E-state index contributed by atoms with van der Waals surface area (Å²) in [4.78, 5) is 16.7. The van der Waals surface area contributed by atoms with Gasteiger partial charge in [-0.25, -0.2) is 4.99 Å². The summed E-state index contributed by atoms with van der Waals surface area (Å²) in [6, 6.07) is 8.11. The predicted molar refractivity (Wildman–Crippen MR) is 61.5 cm³/mol. The molecule has 1 fully saturated rings. The first-order chi connectivity index (χ1) is 7.85. The number of aliphatic imine (C=N–C) groups is 1. The maximum atomic E-state index is 4.94. The van der Waals surface area contributed by atoms with Crippen LogP contribution in [-0.2, 0) is 9.78 Å². The Kier molecular flexibility index (Phi) is 1.56. The second-order valence-corrected chi connectivity index (χ2v) is 4.88. The van der Waals surface area contributed by atoms with E-state index in [0.717, 1.165) is 16.3 Å². The first-order valence-electron chi connectivity index (χ1n) is 5.00. The number of benzene rings is 1. The van der Waals surface area contributed by atoms with E-state index in [1.807, 2.05) is 36.4 Å². The zero-order valence-electron chi connectivity index (χ0n) is 8.21. The summed E-state index contributed by atoms with van der Waals surface area (Å²) < 4.78 is 0. The molecule has 0 unspecified atom stereocenters. The Morgan fingerprint density at radius 2 is 2.06 bits per heavy atom. The van der Waals surface area contributed by atoms with Gasteiger partial charge in [0, 0.05) is 15.9 Å². The SMILES string of the molecule is C1=CC2(C=C3Sc4ccccc4N=C13)OO2. The number of thioether (sulfide) groups is 1. The normalized spacial score (nSPS) is 23.2. The third kappa shape index (κ3) is 1.21. The van der Waals surface area contributed by atoms with Gasteiger partial charge in [-0.15, -0.1) is 0 Å². The number of hydrogen-bond acceptors (Lipinski definition) is 4. The van der Waals surface area contributed by atoms with Gasteiger partial charge in [0.25, 0.3) is 5.79 Å². The van der Waals surface area contributed by atoms with Crippen LogP contribution in [0, 0.1) is 0 Å². The minimum Gasteiger partial charge on any atom is -0.247 e. The van der Waals surface area contributed by atoms with E-state index in [0.29, 0.717) is 0 Å². The second-order valence-electron chi connectivity index (χ2n) is 3.80.